The molecule has 102 valence electrons. The highest BCUT2D eigenvalue weighted by Crippen LogP contribution is 2.22. The molecular weight excluding hydrogens is 314 g/mol. The Morgan fingerprint density at radius 1 is 1.42 bits per heavy atom. The molecule has 19 heavy (non-hydrogen) atoms. The summed E-state index contributed by atoms with van der Waals surface area (Å²) in [6, 6.07) is 4.88. The van der Waals surface area contributed by atoms with Crippen molar-refractivity contribution >= 4 is 27.8 Å². The van der Waals surface area contributed by atoms with Crippen molar-refractivity contribution in [3.8, 4) is 0 Å². The number of rotatable bonds is 3. The van der Waals surface area contributed by atoms with E-state index in [0.29, 0.717) is 5.56 Å². The van der Waals surface area contributed by atoms with Gasteiger partial charge in [-0.15, -0.1) is 0 Å². The molecule has 2 rings (SSSR count). The normalized spacial score (nSPS) is 22.2. The van der Waals surface area contributed by atoms with Gasteiger partial charge in [-0.25, -0.2) is 0 Å². The van der Waals surface area contributed by atoms with Gasteiger partial charge < -0.3 is 15.2 Å². The van der Waals surface area contributed by atoms with Crippen LogP contribution >= 0.6 is 15.9 Å². The monoisotopic (exact) mass is 327 g/mol. The molecule has 0 radical (unpaired) electrons. The molecule has 1 aromatic rings. The summed E-state index contributed by atoms with van der Waals surface area (Å²) in [4.78, 5) is 23.2. The van der Waals surface area contributed by atoms with Crippen molar-refractivity contribution in [2.45, 2.75) is 13.0 Å². The number of aliphatic carboxylic acids is 1. The summed E-state index contributed by atoms with van der Waals surface area (Å²) >= 11 is 3.37. The summed E-state index contributed by atoms with van der Waals surface area (Å²) < 4.78 is 5.84. The Labute approximate surface area is 119 Å². The molecule has 6 heteroatoms. The van der Waals surface area contributed by atoms with E-state index >= 15 is 0 Å². The number of carboxylic acids is 1. The van der Waals surface area contributed by atoms with Crippen molar-refractivity contribution in [2.75, 3.05) is 13.2 Å². The van der Waals surface area contributed by atoms with Crippen LogP contribution in [0.3, 0.4) is 0 Å². The van der Waals surface area contributed by atoms with Gasteiger partial charge in [0.25, 0.3) is 5.91 Å². The summed E-state index contributed by atoms with van der Waals surface area (Å²) in [6.45, 7) is 2.25. The fourth-order valence-corrected chi connectivity index (χ4v) is 2.45. The minimum Gasteiger partial charge on any atom is -0.481 e. The summed E-state index contributed by atoms with van der Waals surface area (Å²) in [6.07, 6.45) is 0. The number of carbonyl (C=O) groups is 2. The van der Waals surface area contributed by atoms with Crippen molar-refractivity contribution in [1.82, 2.24) is 5.32 Å². The molecule has 2 N–H and O–H groups in total. The quantitative estimate of drug-likeness (QED) is 0.883. The highest BCUT2D eigenvalue weighted by Gasteiger charge is 2.35. The molecule has 1 aromatic carbocycles. The zero-order valence-corrected chi connectivity index (χ0v) is 11.9. The lowest BCUT2D eigenvalue weighted by molar-refractivity contribution is -0.142. The van der Waals surface area contributed by atoms with E-state index in [2.05, 4.69) is 21.2 Å². The molecule has 1 amide bonds. The van der Waals surface area contributed by atoms with E-state index in [1.165, 1.54) is 0 Å². The van der Waals surface area contributed by atoms with Gasteiger partial charge in [0, 0.05) is 4.47 Å². The molecule has 1 heterocycles. The third-order valence-corrected chi connectivity index (χ3v) is 4.20. The van der Waals surface area contributed by atoms with Gasteiger partial charge in [0.15, 0.2) is 0 Å². The Kier molecular flexibility index (Phi) is 4.21. The lowest BCUT2D eigenvalue weighted by Gasteiger charge is -2.16. The molecule has 2 unspecified atom stereocenters. The predicted octanol–water partition coefficient (Wildman–Crippen LogP) is 1.59. The minimum atomic E-state index is -0.953. The molecule has 2 atom stereocenters. The fourth-order valence-electron chi connectivity index (χ4n) is 2.01. The lowest BCUT2D eigenvalue weighted by atomic mass is 10.0. The molecule has 1 aliphatic heterocycles. The van der Waals surface area contributed by atoms with E-state index in [1.807, 2.05) is 13.0 Å². The standard InChI is InChI=1S/C13H14BrNO4/c1-7-3-2-4-8(11(7)14)12(16)15-10-6-19-5-9(10)13(17)18/h2-4,9-10H,5-6H2,1H3,(H,15,16)(H,17,18). The molecule has 0 aliphatic carbocycles. The second-order valence-corrected chi connectivity index (χ2v) is 5.29. The number of carbonyl (C=O) groups excluding carboxylic acids is 1. The molecule has 0 bridgehead atoms. The van der Waals surface area contributed by atoms with Crippen LogP contribution in [0.2, 0.25) is 0 Å². The van der Waals surface area contributed by atoms with Crippen LogP contribution in [0, 0.1) is 12.8 Å². The highest BCUT2D eigenvalue weighted by atomic mass is 79.9. The maximum Gasteiger partial charge on any atom is 0.311 e. The Balaban J connectivity index is 2.13. The number of hydrogen-bond acceptors (Lipinski definition) is 3. The summed E-state index contributed by atoms with van der Waals surface area (Å²) in [5.41, 5.74) is 1.45. The van der Waals surface area contributed by atoms with Crippen LogP contribution in [-0.2, 0) is 9.53 Å². The number of carboxylic acid groups (broad SMARTS) is 1. The van der Waals surface area contributed by atoms with Gasteiger partial charge in [-0.05, 0) is 34.5 Å². The van der Waals surface area contributed by atoms with Crippen LogP contribution in [-0.4, -0.2) is 36.2 Å². The topological polar surface area (TPSA) is 75.6 Å². The van der Waals surface area contributed by atoms with Gasteiger partial charge in [0.05, 0.1) is 24.8 Å². The van der Waals surface area contributed by atoms with Crippen LogP contribution in [0.5, 0.6) is 0 Å². The van der Waals surface area contributed by atoms with Gasteiger partial charge in [0.2, 0.25) is 0 Å². The highest BCUT2D eigenvalue weighted by molar-refractivity contribution is 9.10. The van der Waals surface area contributed by atoms with Gasteiger partial charge in [-0.3, -0.25) is 9.59 Å². The van der Waals surface area contributed by atoms with Crippen LogP contribution in [0.25, 0.3) is 0 Å². The number of ether oxygens (including phenoxy) is 1. The summed E-state index contributed by atoms with van der Waals surface area (Å²) in [5.74, 6) is -1.93. The number of halogens is 1. The SMILES string of the molecule is Cc1cccc(C(=O)NC2COCC2C(=O)O)c1Br. The number of hydrogen-bond donors (Lipinski definition) is 2. The molecule has 0 aromatic heterocycles. The third kappa shape index (κ3) is 2.96. The zero-order valence-electron chi connectivity index (χ0n) is 10.4. The van der Waals surface area contributed by atoms with E-state index in [9.17, 15) is 9.59 Å². The maximum atomic E-state index is 12.2. The second kappa shape index (κ2) is 5.71. The van der Waals surface area contributed by atoms with Gasteiger partial charge in [-0.2, -0.15) is 0 Å². The van der Waals surface area contributed by atoms with Crippen LogP contribution in [0.1, 0.15) is 15.9 Å². The maximum absolute atomic E-state index is 12.2. The molecule has 0 saturated carbocycles. The Hall–Kier alpha value is -1.40. The number of amides is 1. The van der Waals surface area contributed by atoms with Gasteiger partial charge >= 0.3 is 5.97 Å². The molecule has 1 fully saturated rings. The van der Waals surface area contributed by atoms with Crippen LogP contribution < -0.4 is 5.32 Å². The smallest absolute Gasteiger partial charge is 0.311 e. The first-order chi connectivity index (χ1) is 9.00. The van der Waals surface area contributed by atoms with Crippen molar-refractivity contribution in [3.05, 3.63) is 33.8 Å². The van der Waals surface area contributed by atoms with Crippen molar-refractivity contribution < 1.29 is 19.4 Å². The number of aryl methyl sites for hydroxylation is 1. The van der Waals surface area contributed by atoms with E-state index in [-0.39, 0.29) is 19.1 Å². The average molecular weight is 328 g/mol. The second-order valence-electron chi connectivity index (χ2n) is 4.50. The van der Waals surface area contributed by atoms with Crippen LogP contribution in [0.15, 0.2) is 22.7 Å². The van der Waals surface area contributed by atoms with Crippen molar-refractivity contribution in [2.24, 2.45) is 5.92 Å². The van der Waals surface area contributed by atoms with Crippen LogP contribution in [0.4, 0.5) is 0 Å². The molecule has 1 aliphatic rings. The predicted molar refractivity (Wildman–Crippen MR) is 72.1 cm³/mol. The summed E-state index contributed by atoms with van der Waals surface area (Å²) in [7, 11) is 0. The first kappa shape index (κ1) is 14.0. The van der Waals surface area contributed by atoms with E-state index < -0.39 is 17.9 Å². The van der Waals surface area contributed by atoms with Crippen molar-refractivity contribution in [1.29, 1.82) is 0 Å². The molecule has 1 saturated heterocycles. The lowest BCUT2D eigenvalue weighted by Crippen LogP contribution is -2.42. The van der Waals surface area contributed by atoms with Gasteiger partial charge in [0.1, 0.15) is 5.92 Å². The largest absolute Gasteiger partial charge is 0.481 e. The van der Waals surface area contributed by atoms with E-state index in [4.69, 9.17) is 9.84 Å². The molecule has 5 nitrogen and oxygen atoms in total. The number of benzene rings is 1. The Morgan fingerprint density at radius 3 is 2.84 bits per heavy atom. The molecule has 0 spiro atoms. The number of nitrogens with one attached hydrogen (secondary N) is 1. The summed E-state index contributed by atoms with van der Waals surface area (Å²) in [5, 5.41) is 11.7. The average Bonchev–Trinajstić information content (AvgIpc) is 2.80. The van der Waals surface area contributed by atoms with E-state index in [0.717, 1.165) is 10.0 Å². The Morgan fingerprint density at radius 2 is 2.16 bits per heavy atom. The minimum absolute atomic E-state index is 0.134. The first-order valence-corrected chi connectivity index (χ1v) is 6.66. The first-order valence-electron chi connectivity index (χ1n) is 5.87. The Bertz CT molecular complexity index is 517. The fraction of sp³-hybridized carbons (Fsp3) is 0.385. The molecular formula is C13H14BrNO4. The third-order valence-electron chi connectivity index (χ3n) is 3.15. The zero-order chi connectivity index (χ0) is 14.0. The van der Waals surface area contributed by atoms with Crippen molar-refractivity contribution in [3.63, 3.8) is 0 Å². The van der Waals surface area contributed by atoms with E-state index in [1.54, 1.807) is 12.1 Å². The van der Waals surface area contributed by atoms with Gasteiger partial charge in [-0.1, -0.05) is 12.1 Å².